The second-order valence-electron chi connectivity index (χ2n) is 4.93. The molecule has 0 atom stereocenters. The maximum absolute atomic E-state index is 6.17. The van der Waals surface area contributed by atoms with Gasteiger partial charge in [-0.05, 0) is 38.1 Å². The molecule has 0 spiro atoms. The lowest BCUT2D eigenvalue weighted by atomic mass is 10.3. The molecule has 0 saturated heterocycles. The van der Waals surface area contributed by atoms with Crippen molar-refractivity contribution < 1.29 is 0 Å². The number of aryl methyl sites for hydroxylation is 2. The monoisotopic (exact) mass is 384 g/mol. The van der Waals surface area contributed by atoms with Crippen LogP contribution in [0.15, 0.2) is 34.3 Å². The van der Waals surface area contributed by atoms with Gasteiger partial charge in [-0.1, -0.05) is 35.0 Å². The Kier molecular flexibility index (Phi) is 5.36. The molecule has 0 saturated carbocycles. The van der Waals surface area contributed by atoms with Crippen LogP contribution in [0.1, 0.15) is 11.4 Å². The third kappa shape index (κ3) is 3.94. The van der Waals surface area contributed by atoms with E-state index in [1.165, 1.54) is 0 Å². The normalized spacial score (nSPS) is 11.3. The van der Waals surface area contributed by atoms with Crippen molar-refractivity contribution in [3.05, 3.63) is 45.7 Å². The number of fused-ring (bicyclic) bond motifs is 1. The first-order valence-electron chi connectivity index (χ1n) is 6.94. The summed E-state index contributed by atoms with van der Waals surface area (Å²) in [5.41, 5.74) is 2.04. The molecule has 8 heteroatoms. The fourth-order valence-corrected chi connectivity index (χ4v) is 4.62. The van der Waals surface area contributed by atoms with Crippen LogP contribution in [0.25, 0.3) is 5.78 Å². The van der Waals surface area contributed by atoms with Gasteiger partial charge in [0, 0.05) is 32.8 Å². The van der Waals surface area contributed by atoms with E-state index in [-0.39, 0.29) is 0 Å². The molecule has 0 aliphatic rings. The molecule has 0 bridgehead atoms. The molecule has 4 nitrogen and oxygen atoms in total. The minimum atomic E-state index is 0.649. The maximum atomic E-state index is 6.17. The molecule has 2 heterocycles. The molecule has 1 aromatic carbocycles. The first-order chi connectivity index (χ1) is 11.0. The molecule has 0 unspecified atom stereocenters. The van der Waals surface area contributed by atoms with Crippen LogP contribution in [-0.4, -0.2) is 31.1 Å². The fourth-order valence-electron chi connectivity index (χ4n) is 2.17. The summed E-state index contributed by atoms with van der Waals surface area (Å²) in [7, 11) is 0. The van der Waals surface area contributed by atoms with Crippen LogP contribution >= 0.6 is 46.7 Å². The van der Waals surface area contributed by atoms with Crippen LogP contribution < -0.4 is 0 Å². The van der Waals surface area contributed by atoms with Gasteiger partial charge >= 0.3 is 0 Å². The van der Waals surface area contributed by atoms with Crippen LogP contribution in [-0.2, 0) is 0 Å². The van der Waals surface area contributed by atoms with E-state index in [0.717, 1.165) is 38.0 Å². The lowest BCUT2D eigenvalue weighted by Gasteiger charge is -2.05. The summed E-state index contributed by atoms with van der Waals surface area (Å²) in [5, 5.41) is 10.7. The van der Waals surface area contributed by atoms with E-state index in [9.17, 15) is 0 Å². The number of thioether (sulfide) groups is 2. The van der Waals surface area contributed by atoms with Crippen molar-refractivity contribution in [1.82, 2.24) is 19.6 Å². The Balaban J connectivity index is 1.64. The zero-order valence-corrected chi connectivity index (χ0v) is 15.7. The van der Waals surface area contributed by atoms with Crippen molar-refractivity contribution in [2.75, 3.05) is 11.5 Å². The van der Waals surface area contributed by atoms with Crippen molar-refractivity contribution in [2.45, 2.75) is 23.9 Å². The van der Waals surface area contributed by atoms with Gasteiger partial charge in [0.25, 0.3) is 5.78 Å². The summed E-state index contributed by atoms with van der Waals surface area (Å²) in [6.07, 6.45) is 0. The highest BCUT2D eigenvalue weighted by molar-refractivity contribution is 8.02. The number of aromatic nitrogens is 4. The van der Waals surface area contributed by atoms with Gasteiger partial charge in [-0.3, -0.25) is 4.40 Å². The Hall–Kier alpha value is -0.950. The number of nitrogens with zero attached hydrogens (tertiary/aromatic N) is 4. The quantitative estimate of drug-likeness (QED) is 0.460. The van der Waals surface area contributed by atoms with E-state index >= 15 is 0 Å². The van der Waals surface area contributed by atoms with E-state index in [1.54, 1.807) is 29.6 Å². The third-order valence-electron chi connectivity index (χ3n) is 3.13. The SMILES string of the molecule is Cc1cc(C)n2c(SCCSc3cc(Cl)ccc3Cl)nnc2n1. The van der Waals surface area contributed by atoms with Gasteiger partial charge in [-0.25, -0.2) is 4.98 Å². The summed E-state index contributed by atoms with van der Waals surface area (Å²) >= 11 is 15.5. The molecule has 0 aliphatic carbocycles. The second kappa shape index (κ2) is 7.30. The van der Waals surface area contributed by atoms with Gasteiger partial charge in [-0.2, -0.15) is 0 Å². The highest BCUT2D eigenvalue weighted by atomic mass is 35.5. The first kappa shape index (κ1) is 16.9. The molecule has 3 aromatic rings. The van der Waals surface area contributed by atoms with Crippen molar-refractivity contribution in [3.63, 3.8) is 0 Å². The number of rotatable bonds is 5. The predicted molar refractivity (Wildman–Crippen MR) is 98.2 cm³/mol. The molecule has 0 radical (unpaired) electrons. The molecule has 0 N–H and O–H groups in total. The van der Waals surface area contributed by atoms with Crippen molar-refractivity contribution >= 4 is 52.5 Å². The average molecular weight is 385 g/mol. The largest absolute Gasteiger partial charge is 0.259 e. The molecule has 3 rings (SSSR count). The van der Waals surface area contributed by atoms with Gasteiger partial charge in [0.2, 0.25) is 0 Å². The molecule has 2 aromatic heterocycles. The molecular formula is C15H14Cl2N4S2. The van der Waals surface area contributed by atoms with Crippen LogP contribution in [0.3, 0.4) is 0 Å². The van der Waals surface area contributed by atoms with Crippen LogP contribution in [0.2, 0.25) is 10.0 Å². The summed E-state index contributed by atoms with van der Waals surface area (Å²) in [6, 6.07) is 7.54. The molecule has 0 amide bonds. The fraction of sp³-hybridized carbons (Fsp3) is 0.267. The molecule has 0 fully saturated rings. The summed E-state index contributed by atoms with van der Waals surface area (Å²) < 4.78 is 1.98. The molecule has 120 valence electrons. The van der Waals surface area contributed by atoms with Gasteiger partial charge in [0.15, 0.2) is 5.16 Å². The topological polar surface area (TPSA) is 43.1 Å². The van der Waals surface area contributed by atoms with E-state index in [2.05, 4.69) is 15.2 Å². The van der Waals surface area contributed by atoms with Crippen LogP contribution in [0.5, 0.6) is 0 Å². The van der Waals surface area contributed by atoms with Gasteiger partial charge in [-0.15, -0.1) is 22.0 Å². The smallest absolute Gasteiger partial charge is 0.256 e. The van der Waals surface area contributed by atoms with Crippen LogP contribution in [0, 0.1) is 13.8 Å². The highest BCUT2D eigenvalue weighted by Gasteiger charge is 2.10. The van der Waals surface area contributed by atoms with Gasteiger partial charge in [0.1, 0.15) is 0 Å². The first-order valence-corrected chi connectivity index (χ1v) is 9.67. The Morgan fingerprint density at radius 3 is 2.65 bits per heavy atom. The molecule has 0 aliphatic heterocycles. The maximum Gasteiger partial charge on any atom is 0.256 e. The summed E-state index contributed by atoms with van der Waals surface area (Å²) in [5.74, 6) is 2.44. The third-order valence-corrected chi connectivity index (χ3v) is 6.05. The summed E-state index contributed by atoms with van der Waals surface area (Å²) in [4.78, 5) is 5.39. The minimum Gasteiger partial charge on any atom is -0.259 e. The van der Waals surface area contributed by atoms with Gasteiger partial charge in [0.05, 0.1) is 5.02 Å². The average Bonchev–Trinajstić information content (AvgIpc) is 2.90. The lowest BCUT2D eigenvalue weighted by Crippen LogP contribution is -1.98. The number of benzene rings is 1. The zero-order chi connectivity index (χ0) is 16.4. The van der Waals surface area contributed by atoms with E-state index in [0.29, 0.717) is 10.8 Å². The number of halogens is 2. The number of hydrogen-bond donors (Lipinski definition) is 0. The van der Waals surface area contributed by atoms with E-state index in [4.69, 9.17) is 23.2 Å². The van der Waals surface area contributed by atoms with E-state index in [1.807, 2.05) is 36.4 Å². The Bertz CT molecular complexity index is 851. The standard InChI is InChI=1S/C15H14Cl2N4S2/c1-9-7-10(2)21-14(18-9)19-20-15(21)23-6-5-22-13-8-11(16)3-4-12(13)17/h3-4,7-8H,5-6H2,1-2H3. The Labute approximate surface area is 153 Å². The van der Waals surface area contributed by atoms with Crippen molar-refractivity contribution in [3.8, 4) is 0 Å². The lowest BCUT2D eigenvalue weighted by molar-refractivity contribution is 0.887. The minimum absolute atomic E-state index is 0.649. The Morgan fingerprint density at radius 2 is 1.83 bits per heavy atom. The summed E-state index contributed by atoms with van der Waals surface area (Å²) in [6.45, 7) is 4.00. The zero-order valence-electron chi connectivity index (χ0n) is 12.6. The van der Waals surface area contributed by atoms with Crippen LogP contribution in [0.4, 0.5) is 0 Å². The highest BCUT2D eigenvalue weighted by Crippen LogP contribution is 2.31. The van der Waals surface area contributed by atoms with E-state index < -0.39 is 0 Å². The Morgan fingerprint density at radius 1 is 1.04 bits per heavy atom. The second-order valence-corrected chi connectivity index (χ2v) is 7.97. The number of hydrogen-bond acceptors (Lipinski definition) is 5. The van der Waals surface area contributed by atoms with Crippen molar-refractivity contribution in [2.24, 2.45) is 0 Å². The van der Waals surface area contributed by atoms with Gasteiger partial charge < -0.3 is 0 Å². The predicted octanol–water partition coefficient (Wildman–Crippen LogP) is 4.93. The van der Waals surface area contributed by atoms with Crippen molar-refractivity contribution in [1.29, 1.82) is 0 Å². The molecular weight excluding hydrogens is 371 g/mol. The molecule has 23 heavy (non-hydrogen) atoms.